The summed E-state index contributed by atoms with van der Waals surface area (Å²) in [5.74, 6) is 1.11. The molecule has 0 bridgehead atoms. The van der Waals surface area contributed by atoms with Gasteiger partial charge in [-0.15, -0.1) is 11.8 Å². The summed E-state index contributed by atoms with van der Waals surface area (Å²) in [6.45, 7) is 5.50. The van der Waals surface area contributed by atoms with Crippen molar-refractivity contribution in [2.24, 2.45) is 0 Å². The topological polar surface area (TPSA) is 29.5 Å². The zero-order chi connectivity index (χ0) is 17.6. The standard InChI is InChI=1S/C21H25NO2S/c1-3-24-18-13-11-17(12-14-18)20-10-7-15-22(20)21(23)16(2)25-19-8-5-4-6-9-19/h4-6,8-9,11-14,16,20H,3,7,10,15H2,1-2H3. The average molecular weight is 356 g/mol. The lowest BCUT2D eigenvalue weighted by Crippen LogP contribution is -2.36. The number of hydrogen-bond acceptors (Lipinski definition) is 3. The molecular weight excluding hydrogens is 330 g/mol. The number of nitrogens with zero attached hydrogens (tertiary/aromatic N) is 1. The first-order valence-corrected chi connectivity index (χ1v) is 9.82. The molecule has 1 amide bonds. The van der Waals surface area contributed by atoms with Crippen LogP contribution in [0.3, 0.4) is 0 Å². The van der Waals surface area contributed by atoms with Crippen LogP contribution in [0.15, 0.2) is 59.5 Å². The third-order valence-electron chi connectivity index (χ3n) is 4.52. The van der Waals surface area contributed by atoms with Crippen molar-refractivity contribution in [3.05, 3.63) is 60.2 Å². The molecule has 1 heterocycles. The van der Waals surface area contributed by atoms with Crippen LogP contribution < -0.4 is 4.74 Å². The first-order chi connectivity index (χ1) is 12.2. The molecule has 3 rings (SSSR count). The summed E-state index contributed by atoms with van der Waals surface area (Å²) in [7, 11) is 0. The van der Waals surface area contributed by atoms with E-state index in [2.05, 4.69) is 29.2 Å². The van der Waals surface area contributed by atoms with Crippen LogP contribution in [0.4, 0.5) is 0 Å². The van der Waals surface area contributed by atoms with Crippen LogP contribution in [0.1, 0.15) is 38.3 Å². The van der Waals surface area contributed by atoms with Gasteiger partial charge in [0.15, 0.2) is 0 Å². The molecule has 2 aromatic rings. The Morgan fingerprint density at radius 1 is 1.20 bits per heavy atom. The summed E-state index contributed by atoms with van der Waals surface area (Å²) < 4.78 is 5.52. The van der Waals surface area contributed by atoms with Crippen molar-refractivity contribution in [1.29, 1.82) is 0 Å². The van der Waals surface area contributed by atoms with Gasteiger partial charge in [-0.1, -0.05) is 30.3 Å². The number of amides is 1. The first-order valence-electron chi connectivity index (χ1n) is 8.94. The molecule has 0 aliphatic carbocycles. The number of thioether (sulfide) groups is 1. The Bertz CT molecular complexity index is 687. The molecule has 25 heavy (non-hydrogen) atoms. The van der Waals surface area contributed by atoms with Crippen molar-refractivity contribution >= 4 is 17.7 Å². The van der Waals surface area contributed by atoms with Gasteiger partial charge >= 0.3 is 0 Å². The van der Waals surface area contributed by atoms with Crippen LogP contribution in [0.2, 0.25) is 0 Å². The van der Waals surface area contributed by atoms with Gasteiger partial charge in [0.1, 0.15) is 5.75 Å². The Morgan fingerprint density at radius 2 is 1.92 bits per heavy atom. The Hall–Kier alpha value is -1.94. The van der Waals surface area contributed by atoms with Gasteiger partial charge in [0.25, 0.3) is 0 Å². The lowest BCUT2D eigenvalue weighted by Gasteiger charge is -2.28. The van der Waals surface area contributed by atoms with E-state index in [-0.39, 0.29) is 17.2 Å². The fourth-order valence-corrected chi connectivity index (χ4v) is 4.28. The number of carbonyl (C=O) groups excluding carboxylic acids is 1. The lowest BCUT2D eigenvalue weighted by atomic mass is 10.0. The molecule has 2 atom stereocenters. The summed E-state index contributed by atoms with van der Waals surface area (Å²) in [6.07, 6.45) is 2.09. The molecule has 132 valence electrons. The van der Waals surface area contributed by atoms with Crippen molar-refractivity contribution in [3.63, 3.8) is 0 Å². The summed E-state index contributed by atoms with van der Waals surface area (Å²) in [5, 5.41) is -0.0781. The monoisotopic (exact) mass is 355 g/mol. The van der Waals surface area contributed by atoms with Crippen LogP contribution in [0, 0.1) is 0 Å². The number of benzene rings is 2. The average Bonchev–Trinajstić information content (AvgIpc) is 3.12. The molecule has 4 heteroatoms. The number of likely N-dealkylation sites (tertiary alicyclic amines) is 1. The first kappa shape index (κ1) is 17.9. The van der Waals surface area contributed by atoms with E-state index in [0.29, 0.717) is 6.61 Å². The normalized spacial score (nSPS) is 18.2. The van der Waals surface area contributed by atoms with Gasteiger partial charge in [-0.05, 0) is 56.5 Å². The zero-order valence-electron chi connectivity index (χ0n) is 14.9. The van der Waals surface area contributed by atoms with Gasteiger partial charge in [-0.25, -0.2) is 0 Å². The molecule has 0 aromatic heterocycles. The quantitative estimate of drug-likeness (QED) is 0.688. The summed E-state index contributed by atoms with van der Waals surface area (Å²) in [5.41, 5.74) is 1.20. The lowest BCUT2D eigenvalue weighted by molar-refractivity contribution is -0.131. The molecule has 2 unspecified atom stereocenters. The summed E-state index contributed by atoms with van der Waals surface area (Å²) in [6, 6.07) is 18.5. The summed E-state index contributed by atoms with van der Waals surface area (Å²) >= 11 is 1.63. The second-order valence-electron chi connectivity index (χ2n) is 6.26. The predicted octanol–water partition coefficient (Wildman–Crippen LogP) is 4.93. The third kappa shape index (κ3) is 4.37. The molecule has 3 nitrogen and oxygen atoms in total. The van der Waals surface area contributed by atoms with Crippen molar-refractivity contribution < 1.29 is 9.53 Å². The molecule has 0 N–H and O–H groups in total. The van der Waals surface area contributed by atoms with Gasteiger partial charge in [-0.3, -0.25) is 4.79 Å². The van der Waals surface area contributed by atoms with Gasteiger partial charge in [0, 0.05) is 11.4 Å². The highest BCUT2D eigenvalue weighted by molar-refractivity contribution is 8.00. The molecule has 1 saturated heterocycles. The van der Waals surface area contributed by atoms with E-state index in [1.54, 1.807) is 11.8 Å². The molecule has 1 aliphatic heterocycles. The van der Waals surface area contributed by atoms with Gasteiger partial charge < -0.3 is 9.64 Å². The highest BCUT2D eigenvalue weighted by atomic mass is 32.2. The number of ether oxygens (including phenoxy) is 1. The minimum absolute atomic E-state index is 0.0781. The van der Waals surface area contributed by atoms with Crippen LogP contribution in [0.25, 0.3) is 0 Å². The van der Waals surface area contributed by atoms with Crippen molar-refractivity contribution in [1.82, 2.24) is 4.90 Å². The Balaban J connectivity index is 1.68. The zero-order valence-corrected chi connectivity index (χ0v) is 15.7. The van der Waals surface area contributed by atoms with Crippen LogP contribution >= 0.6 is 11.8 Å². The maximum Gasteiger partial charge on any atom is 0.236 e. The predicted molar refractivity (Wildman–Crippen MR) is 103 cm³/mol. The second-order valence-corrected chi connectivity index (χ2v) is 7.68. The fraction of sp³-hybridized carbons (Fsp3) is 0.381. The molecule has 0 spiro atoms. The molecule has 2 aromatic carbocycles. The molecule has 0 saturated carbocycles. The number of carbonyl (C=O) groups is 1. The summed E-state index contributed by atoms with van der Waals surface area (Å²) in [4.78, 5) is 16.2. The maximum atomic E-state index is 13.0. The van der Waals surface area contributed by atoms with E-state index in [0.717, 1.165) is 30.0 Å². The Morgan fingerprint density at radius 3 is 2.60 bits per heavy atom. The van der Waals surface area contributed by atoms with E-state index in [9.17, 15) is 4.79 Å². The molecule has 0 radical (unpaired) electrons. The Labute approximate surface area is 154 Å². The Kier molecular flexibility index (Phi) is 6.03. The van der Waals surface area contributed by atoms with Crippen LogP contribution in [-0.2, 0) is 4.79 Å². The van der Waals surface area contributed by atoms with E-state index in [1.165, 1.54) is 5.56 Å². The SMILES string of the molecule is CCOc1ccc(C2CCCN2C(=O)C(C)Sc2ccccc2)cc1. The molecular formula is C21H25NO2S. The highest BCUT2D eigenvalue weighted by Crippen LogP contribution is 2.35. The minimum Gasteiger partial charge on any atom is -0.494 e. The van der Waals surface area contributed by atoms with E-state index < -0.39 is 0 Å². The van der Waals surface area contributed by atoms with E-state index in [1.807, 2.05) is 44.2 Å². The fourth-order valence-electron chi connectivity index (χ4n) is 3.32. The minimum atomic E-state index is -0.0781. The van der Waals surface area contributed by atoms with Crippen molar-refractivity contribution in [2.75, 3.05) is 13.2 Å². The van der Waals surface area contributed by atoms with Crippen LogP contribution in [0.5, 0.6) is 5.75 Å². The largest absolute Gasteiger partial charge is 0.494 e. The van der Waals surface area contributed by atoms with E-state index >= 15 is 0 Å². The van der Waals surface area contributed by atoms with Gasteiger partial charge in [-0.2, -0.15) is 0 Å². The number of hydrogen-bond donors (Lipinski definition) is 0. The van der Waals surface area contributed by atoms with Crippen molar-refractivity contribution in [3.8, 4) is 5.75 Å². The third-order valence-corrected chi connectivity index (χ3v) is 5.62. The van der Waals surface area contributed by atoms with Gasteiger partial charge in [0.2, 0.25) is 5.91 Å². The van der Waals surface area contributed by atoms with Crippen LogP contribution in [-0.4, -0.2) is 29.2 Å². The number of rotatable bonds is 6. The van der Waals surface area contributed by atoms with E-state index in [4.69, 9.17) is 4.74 Å². The smallest absolute Gasteiger partial charge is 0.236 e. The molecule has 1 aliphatic rings. The van der Waals surface area contributed by atoms with Crippen molar-refractivity contribution in [2.45, 2.75) is 42.9 Å². The highest BCUT2D eigenvalue weighted by Gasteiger charge is 2.32. The molecule has 1 fully saturated rings. The van der Waals surface area contributed by atoms with Gasteiger partial charge in [0.05, 0.1) is 17.9 Å². The second kappa shape index (κ2) is 8.43. The maximum absolute atomic E-state index is 13.0.